The summed E-state index contributed by atoms with van der Waals surface area (Å²) in [5, 5.41) is 0. The second-order valence-corrected chi connectivity index (χ2v) is 3.45. The van der Waals surface area contributed by atoms with Crippen molar-refractivity contribution in [3.63, 3.8) is 0 Å². The predicted molar refractivity (Wildman–Crippen MR) is 64.1 cm³/mol. The Morgan fingerprint density at radius 2 is 1.82 bits per heavy atom. The Kier molecular flexibility index (Phi) is 11.1. The fraction of sp³-hybridized carbons (Fsp3) is 0.917. The smallest absolute Gasteiger partial charge is 0.435 e. The summed E-state index contributed by atoms with van der Waals surface area (Å²) in [7, 11) is 0. The number of rotatable bonds is 10. The van der Waals surface area contributed by atoms with Gasteiger partial charge in [0.05, 0.1) is 25.9 Å². The van der Waals surface area contributed by atoms with Crippen LogP contribution in [0.25, 0.3) is 0 Å². The Labute approximate surface area is 103 Å². The third-order valence-corrected chi connectivity index (χ3v) is 2.08. The van der Waals surface area contributed by atoms with Gasteiger partial charge in [0.15, 0.2) is 0 Å². The van der Waals surface area contributed by atoms with E-state index in [1.807, 2.05) is 6.92 Å². The quantitative estimate of drug-likeness (QED) is 0.439. The van der Waals surface area contributed by atoms with Crippen LogP contribution in [0.15, 0.2) is 0 Å². The van der Waals surface area contributed by atoms with E-state index >= 15 is 0 Å². The number of hydrogen-bond acceptors (Lipinski definition) is 5. The fourth-order valence-electron chi connectivity index (χ4n) is 1.21. The van der Waals surface area contributed by atoms with Crippen LogP contribution in [0, 0.1) is 0 Å². The largest absolute Gasteiger partial charge is 0.508 e. The Balaban J connectivity index is 3.30. The first-order valence-electron chi connectivity index (χ1n) is 6.23. The molecule has 0 bridgehead atoms. The van der Waals surface area contributed by atoms with Crippen molar-refractivity contribution >= 4 is 6.16 Å². The van der Waals surface area contributed by atoms with E-state index in [9.17, 15) is 4.79 Å². The number of hydrogen-bond donors (Lipinski definition) is 0. The average Bonchev–Trinajstić information content (AvgIpc) is 2.32. The zero-order valence-corrected chi connectivity index (χ0v) is 11.1. The average molecular weight is 248 g/mol. The monoisotopic (exact) mass is 248 g/mol. The molecule has 0 rings (SSSR count). The molecule has 0 amide bonds. The van der Waals surface area contributed by atoms with Crippen LogP contribution in [0.1, 0.15) is 33.6 Å². The lowest BCUT2D eigenvalue weighted by molar-refractivity contribution is -0.0176. The molecular formula is C12H24O5. The maximum atomic E-state index is 10.8. The van der Waals surface area contributed by atoms with Crippen LogP contribution in [-0.4, -0.2) is 45.3 Å². The molecule has 5 heteroatoms. The lowest BCUT2D eigenvalue weighted by Crippen LogP contribution is -2.19. The lowest BCUT2D eigenvalue weighted by Gasteiger charge is -2.14. The second-order valence-electron chi connectivity index (χ2n) is 3.45. The van der Waals surface area contributed by atoms with E-state index in [0.717, 1.165) is 6.42 Å². The van der Waals surface area contributed by atoms with E-state index in [4.69, 9.17) is 14.2 Å². The van der Waals surface area contributed by atoms with Crippen molar-refractivity contribution in [2.24, 2.45) is 0 Å². The number of carbonyl (C=O) groups excluding carboxylic acids is 1. The molecule has 0 aromatic heterocycles. The zero-order chi connectivity index (χ0) is 12.9. The van der Waals surface area contributed by atoms with Crippen molar-refractivity contribution in [3.8, 4) is 0 Å². The van der Waals surface area contributed by atoms with Gasteiger partial charge in [-0.15, -0.1) is 0 Å². The highest BCUT2D eigenvalue weighted by atomic mass is 16.7. The summed E-state index contributed by atoms with van der Waals surface area (Å²) >= 11 is 0. The highest BCUT2D eigenvalue weighted by molar-refractivity contribution is 5.59. The standard InChI is InChI=1S/C12H24O5/c1-4-11(15-5-2)10-14-8-7-9-17-12(13)16-6-3/h11H,4-10H2,1-3H3. The van der Waals surface area contributed by atoms with Crippen molar-refractivity contribution < 1.29 is 23.7 Å². The topological polar surface area (TPSA) is 54.0 Å². The molecule has 102 valence electrons. The van der Waals surface area contributed by atoms with Crippen LogP contribution in [0.4, 0.5) is 4.79 Å². The van der Waals surface area contributed by atoms with Gasteiger partial charge in [0.25, 0.3) is 0 Å². The van der Waals surface area contributed by atoms with Crippen LogP contribution in [0.2, 0.25) is 0 Å². The SMILES string of the molecule is CCOC(=O)OCCCOCC(CC)OCC. The summed E-state index contributed by atoms with van der Waals surface area (Å²) in [5.74, 6) is 0. The normalized spacial score (nSPS) is 12.2. The summed E-state index contributed by atoms with van der Waals surface area (Å²) in [6.45, 7) is 8.28. The molecule has 0 radical (unpaired) electrons. The molecule has 0 heterocycles. The molecule has 0 aliphatic rings. The van der Waals surface area contributed by atoms with E-state index in [2.05, 4.69) is 11.7 Å². The Bertz CT molecular complexity index is 184. The zero-order valence-electron chi connectivity index (χ0n) is 11.1. The van der Waals surface area contributed by atoms with Gasteiger partial charge < -0.3 is 18.9 Å². The first-order chi connectivity index (χ1) is 8.24. The van der Waals surface area contributed by atoms with Crippen molar-refractivity contribution in [2.75, 3.05) is 33.0 Å². The van der Waals surface area contributed by atoms with Gasteiger partial charge in [-0.2, -0.15) is 0 Å². The Morgan fingerprint density at radius 1 is 1.06 bits per heavy atom. The predicted octanol–water partition coefficient (Wildman–Crippen LogP) is 2.38. The van der Waals surface area contributed by atoms with Crippen molar-refractivity contribution in [1.82, 2.24) is 0 Å². The van der Waals surface area contributed by atoms with E-state index in [-0.39, 0.29) is 6.10 Å². The van der Waals surface area contributed by atoms with Crippen LogP contribution in [0.3, 0.4) is 0 Å². The minimum atomic E-state index is -0.617. The highest BCUT2D eigenvalue weighted by Crippen LogP contribution is 1.99. The maximum Gasteiger partial charge on any atom is 0.508 e. The van der Waals surface area contributed by atoms with Gasteiger partial charge in [-0.3, -0.25) is 0 Å². The molecule has 0 saturated carbocycles. The minimum absolute atomic E-state index is 0.158. The van der Waals surface area contributed by atoms with Gasteiger partial charge in [0.2, 0.25) is 0 Å². The molecule has 1 unspecified atom stereocenters. The summed E-state index contributed by atoms with van der Waals surface area (Å²) in [4.78, 5) is 10.8. The van der Waals surface area contributed by atoms with Crippen LogP contribution in [-0.2, 0) is 18.9 Å². The summed E-state index contributed by atoms with van der Waals surface area (Å²) in [6, 6.07) is 0. The molecule has 0 saturated heterocycles. The molecule has 17 heavy (non-hydrogen) atoms. The van der Waals surface area contributed by atoms with E-state index in [1.165, 1.54) is 0 Å². The van der Waals surface area contributed by atoms with E-state index in [1.54, 1.807) is 6.92 Å². The molecule has 0 aliphatic carbocycles. The molecule has 0 fully saturated rings. The van der Waals surface area contributed by atoms with Crippen LogP contribution in [0.5, 0.6) is 0 Å². The highest BCUT2D eigenvalue weighted by Gasteiger charge is 2.05. The minimum Gasteiger partial charge on any atom is -0.435 e. The van der Waals surface area contributed by atoms with Gasteiger partial charge in [-0.05, 0) is 20.3 Å². The summed E-state index contributed by atoms with van der Waals surface area (Å²) in [6.07, 6.45) is 1.15. The molecule has 5 nitrogen and oxygen atoms in total. The van der Waals surface area contributed by atoms with Crippen LogP contribution < -0.4 is 0 Å². The number of ether oxygens (including phenoxy) is 4. The van der Waals surface area contributed by atoms with Gasteiger partial charge >= 0.3 is 6.16 Å². The fourth-order valence-corrected chi connectivity index (χ4v) is 1.21. The molecular weight excluding hydrogens is 224 g/mol. The first kappa shape index (κ1) is 16.2. The summed E-state index contributed by atoms with van der Waals surface area (Å²) in [5.41, 5.74) is 0. The second kappa shape index (κ2) is 11.7. The third-order valence-electron chi connectivity index (χ3n) is 2.08. The molecule has 0 aromatic carbocycles. The van der Waals surface area contributed by atoms with Gasteiger partial charge in [0.1, 0.15) is 0 Å². The van der Waals surface area contributed by atoms with Crippen molar-refractivity contribution in [3.05, 3.63) is 0 Å². The Hall–Kier alpha value is -0.810. The van der Waals surface area contributed by atoms with E-state index in [0.29, 0.717) is 39.5 Å². The Morgan fingerprint density at radius 3 is 2.41 bits per heavy atom. The summed E-state index contributed by atoms with van der Waals surface area (Å²) < 4.78 is 20.3. The molecule has 0 spiro atoms. The lowest BCUT2D eigenvalue weighted by atomic mass is 10.3. The van der Waals surface area contributed by atoms with Crippen molar-refractivity contribution in [2.45, 2.75) is 39.7 Å². The first-order valence-corrected chi connectivity index (χ1v) is 6.23. The van der Waals surface area contributed by atoms with Gasteiger partial charge in [-0.25, -0.2) is 4.79 Å². The van der Waals surface area contributed by atoms with E-state index < -0.39 is 6.16 Å². The molecule has 0 N–H and O–H groups in total. The molecule has 0 aliphatic heterocycles. The third kappa shape index (κ3) is 10.1. The molecule has 1 atom stereocenters. The number of carbonyl (C=O) groups is 1. The molecule has 0 aromatic rings. The van der Waals surface area contributed by atoms with Crippen LogP contribution >= 0.6 is 0 Å². The maximum absolute atomic E-state index is 10.8. The van der Waals surface area contributed by atoms with Gasteiger partial charge in [-0.1, -0.05) is 6.92 Å². The van der Waals surface area contributed by atoms with Crippen molar-refractivity contribution in [1.29, 1.82) is 0 Å². The van der Waals surface area contributed by atoms with Gasteiger partial charge in [0, 0.05) is 19.6 Å².